The molecule has 0 aliphatic heterocycles. The zero-order valence-electron chi connectivity index (χ0n) is 12.1. The highest BCUT2D eigenvalue weighted by Crippen LogP contribution is 2.26. The van der Waals surface area contributed by atoms with Crippen molar-refractivity contribution < 1.29 is 13.9 Å². The number of amides is 1. The lowest BCUT2D eigenvalue weighted by Gasteiger charge is -2.01. The lowest BCUT2D eigenvalue weighted by atomic mass is 10.1. The van der Waals surface area contributed by atoms with Gasteiger partial charge in [0, 0.05) is 17.1 Å². The summed E-state index contributed by atoms with van der Waals surface area (Å²) in [5.74, 6) is 1.66. The van der Waals surface area contributed by atoms with E-state index in [1.165, 1.54) is 6.26 Å². The number of ether oxygens (including phenoxy) is 1. The number of alkyl halides is 1. The number of carbonyl (C=O) groups is 1. The molecule has 0 fully saturated rings. The number of carbonyl (C=O) groups excluding carboxylic acids is 1. The number of hydrogen-bond donors (Lipinski definition) is 1. The molecule has 0 atom stereocenters. The maximum absolute atomic E-state index is 12.2. The highest BCUT2D eigenvalue weighted by molar-refractivity contribution is 7.09. The number of anilines is 1. The summed E-state index contributed by atoms with van der Waals surface area (Å²) in [6, 6.07) is 9.06. The fraction of sp³-hybridized carbons (Fsp3) is 0.133. The molecule has 0 aliphatic rings. The van der Waals surface area contributed by atoms with E-state index < -0.39 is 0 Å². The van der Waals surface area contributed by atoms with Gasteiger partial charge in [0.05, 0.1) is 18.6 Å². The molecular weight excluding hydrogens is 338 g/mol. The number of halogens is 1. The number of nitrogens with zero attached hydrogens (tertiary/aromatic N) is 2. The second-order valence-corrected chi connectivity index (χ2v) is 5.55. The van der Waals surface area contributed by atoms with Crippen molar-refractivity contribution in [2.75, 3.05) is 12.4 Å². The molecule has 0 saturated carbocycles. The van der Waals surface area contributed by atoms with Crippen LogP contribution >= 0.6 is 23.1 Å². The van der Waals surface area contributed by atoms with Crippen LogP contribution in [0.1, 0.15) is 16.2 Å². The van der Waals surface area contributed by atoms with Gasteiger partial charge in [0.1, 0.15) is 17.8 Å². The highest BCUT2D eigenvalue weighted by Gasteiger charge is 2.14. The zero-order chi connectivity index (χ0) is 16.2. The van der Waals surface area contributed by atoms with Crippen LogP contribution in [0.3, 0.4) is 0 Å². The topological polar surface area (TPSA) is 77.2 Å². The Labute approximate surface area is 141 Å². The molecule has 0 aliphatic carbocycles. The first kappa shape index (κ1) is 15.5. The van der Waals surface area contributed by atoms with Crippen LogP contribution in [0.25, 0.3) is 11.3 Å². The number of hydrogen-bond acceptors (Lipinski definition) is 6. The maximum atomic E-state index is 12.2. The zero-order valence-corrected chi connectivity index (χ0v) is 13.6. The first-order valence-electron chi connectivity index (χ1n) is 6.62. The fourth-order valence-corrected chi connectivity index (χ4v) is 2.68. The van der Waals surface area contributed by atoms with Crippen LogP contribution in [0, 0.1) is 0 Å². The summed E-state index contributed by atoms with van der Waals surface area (Å²) < 4.78 is 14.6. The molecule has 2 heterocycles. The summed E-state index contributed by atoms with van der Waals surface area (Å²) >= 11 is 6.71. The molecule has 23 heavy (non-hydrogen) atoms. The van der Waals surface area contributed by atoms with Gasteiger partial charge >= 0.3 is 0 Å². The van der Waals surface area contributed by atoms with Gasteiger partial charge in [-0.1, -0.05) is 12.1 Å². The van der Waals surface area contributed by atoms with Crippen molar-refractivity contribution >= 4 is 34.2 Å². The van der Waals surface area contributed by atoms with Crippen LogP contribution in [0.5, 0.6) is 5.75 Å². The smallest absolute Gasteiger partial charge is 0.260 e. The van der Waals surface area contributed by atoms with E-state index in [1.54, 1.807) is 13.2 Å². The third-order valence-electron chi connectivity index (χ3n) is 3.02. The van der Waals surface area contributed by atoms with Crippen LogP contribution in [-0.4, -0.2) is 22.4 Å². The van der Waals surface area contributed by atoms with Crippen molar-refractivity contribution in [3.05, 3.63) is 48.0 Å². The molecule has 0 spiro atoms. The average molecular weight is 350 g/mol. The molecule has 0 radical (unpaired) electrons. The summed E-state index contributed by atoms with van der Waals surface area (Å²) in [6.07, 6.45) is 1.40. The largest absolute Gasteiger partial charge is 0.497 e. The molecule has 118 valence electrons. The van der Waals surface area contributed by atoms with E-state index in [-0.39, 0.29) is 11.8 Å². The summed E-state index contributed by atoms with van der Waals surface area (Å²) in [6.45, 7) is 0. The lowest BCUT2D eigenvalue weighted by Crippen LogP contribution is -2.10. The molecular formula is C15H12ClN3O3S. The standard InChI is InChI=1S/C15H12ClN3O3S/c1-21-11-4-2-3-9(5-11)12-6-10(8-22-12)14(20)18-15-17-13(7-16)19-23-15/h2-6,8H,7H2,1H3,(H,17,18,19,20). The van der Waals surface area contributed by atoms with Gasteiger partial charge in [-0.2, -0.15) is 4.37 Å². The van der Waals surface area contributed by atoms with E-state index in [1.807, 2.05) is 24.3 Å². The third-order valence-corrected chi connectivity index (χ3v) is 3.93. The minimum Gasteiger partial charge on any atom is -0.497 e. The summed E-state index contributed by atoms with van der Waals surface area (Å²) in [5, 5.41) is 3.06. The van der Waals surface area contributed by atoms with Crippen LogP contribution in [0.15, 0.2) is 41.0 Å². The molecule has 1 aromatic carbocycles. The summed E-state index contributed by atoms with van der Waals surface area (Å²) in [4.78, 5) is 16.3. The molecule has 2 aromatic heterocycles. The van der Waals surface area contributed by atoms with Crippen LogP contribution < -0.4 is 10.1 Å². The predicted molar refractivity (Wildman–Crippen MR) is 88.1 cm³/mol. The van der Waals surface area contributed by atoms with Gasteiger partial charge in [-0.15, -0.1) is 11.6 Å². The van der Waals surface area contributed by atoms with E-state index >= 15 is 0 Å². The number of nitrogens with one attached hydrogen (secondary N) is 1. The van der Waals surface area contributed by atoms with Crippen LogP contribution in [0.4, 0.5) is 5.13 Å². The monoisotopic (exact) mass is 349 g/mol. The van der Waals surface area contributed by atoms with Crippen molar-refractivity contribution in [1.82, 2.24) is 9.36 Å². The lowest BCUT2D eigenvalue weighted by molar-refractivity contribution is 0.102. The number of benzene rings is 1. The quantitative estimate of drug-likeness (QED) is 0.709. The Morgan fingerprint density at radius 3 is 3.04 bits per heavy atom. The molecule has 0 bridgehead atoms. The number of aromatic nitrogens is 2. The number of rotatable bonds is 5. The van der Waals surface area contributed by atoms with Gasteiger partial charge in [0.25, 0.3) is 5.91 Å². The Hall–Kier alpha value is -2.38. The molecule has 6 nitrogen and oxygen atoms in total. The van der Waals surface area contributed by atoms with Crippen molar-refractivity contribution in [2.24, 2.45) is 0 Å². The Morgan fingerprint density at radius 2 is 2.30 bits per heavy atom. The number of methoxy groups -OCH3 is 1. The molecule has 3 aromatic rings. The van der Waals surface area contributed by atoms with E-state index in [4.69, 9.17) is 20.8 Å². The Balaban J connectivity index is 1.76. The molecule has 0 unspecified atom stereocenters. The summed E-state index contributed by atoms with van der Waals surface area (Å²) in [7, 11) is 1.59. The molecule has 3 rings (SSSR count). The van der Waals surface area contributed by atoms with Gasteiger partial charge in [-0.3, -0.25) is 10.1 Å². The van der Waals surface area contributed by atoms with Gasteiger partial charge in [-0.25, -0.2) is 4.98 Å². The third kappa shape index (κ3) is 3.52. The maximum Gasteiger partial charge on any atom is 0.260 e. The van der Waals surface area contributed by atoms with Crippen LogP contribution in [0.2, 0.25) is 0 Å². The van der Waals surface area contributed by atoms with E-state index in [0.717, 1.165) is 17.1 Å². The van der Waals surface area contributed by atoms with Gasteiger partial charge in [0.2, 0.25) is 5.13 Å². The van der Waals surface area contributed by atoms with Crippen LogP contribution in [-0.2, 0) is 5.88 Å². The Kier molecular flexibility index (Phi) is 4.59. The molecule has 8 heteroatoms. The molecule has 0 saturated heterocycles. The molecule has 1 amide bonds. The van der Waals surface area contributed by atoms with E-state index in [2.05, 4.69) is 14.7 Å². The highest BCUT2D eigenvalue weighted by atomic mass is 35.5. The first-order valence-corrected chi connectivity index (χ1v) is 7.93. The van der Waals surface area contributed by atoms with Crippen molar-refractivity contribution in [3.63, 3.8) is 0 Å². The Bertz CT molecular complexity index is 831. The minimum absolute atomic E-state index is 0.206. The normalized spacial score (nSPS) is 10.5. The average Bonchev–Trinajstić information content (AvgIpc) is 3.24. The van der Waals surface area contributed by atoms with E-state index in [0.29, 0.717) is 28.0 Å². The second-order valence-electron chi connectivity index (χ2n) is 4.54. The summed E-state index contributed by atoms with van der Waals surface area (Å²) in [5.41, 5.74) is 1.22. The predicted octanol–water partition coefficient (Wildman–Crippen LogP) is 3.80. The van der Waals surface area contributed by atoms with Crippen molar-refractivity contribution in [2.45, 2.75) is 5.88 Å². The molecule has 1 N–H and O–H groups in total. The van der Waals surface area contributed by atoms with Crippen molar-refractivity contribution in [3.8, 4) is 17.1 Å². The fourth-order valence-electron chi connectivity index (χ4n) is 1.91. The number of furan rings is 1. The minimum atomic E-state index is -0.319. The van der Waals surface area contributed by atoms with Gasteiger partial charge in [-0.05, 0) is 18.2 Å². The first-order chi connectivity index (χ1) is 11.2. The van der Waals surface area contributed by atoms with E-state index in [9.17, 15) is 4.79 Å². The van der Waals surface area contributed by atoms with Gasteiger partial charge in [0.15, 0.2) is 5.82 Å². The van der Waals surface area contributed by atoms with Crippen molar-refractivity contribution in [1.29, 1.82) is 0 Å². The Morgan fingerprint density at radius 1 is 1.43 bits per heavy atom. The van der Waals surface area contributed by atoms with Gasteiger partial charge < -0.3 is 9.15 Å². The SMILES string of the molecule is COc1cccc(-c2cc(C(=O)Nc3nc(CCl)ns3)co2)c1. The second kappa shape index (κ2) is 6.80.